The molecule has 2 aromatic rings. The van der Waals surface area contributed by atoms with E-state index < -0.39 is 10.0 Å². The van der Waals surface area contributed by atoms with Crippen molar-refractivity contribution in [3.05, 3.63) is 30.2 Å². The number of aromatic nitrogens is 3. The lowest BCUT2D eigenvalue weighted by atomic mass is 10.4. The topological polar surface area (TPSA) is 103 Å². The molecule has 0 bridgehead atoms. The van der Waals surface area contributed by atoms with Gasteiger partial charge in [-0.15, -0.1) is 0 Å². The van der Waals surface area contributed by atoms with Gasteiger partial charge in [0.1, 0.15) is 4.90 Å². The highest BCUT2D eigenvalue weighted by Gasteiger charge is 2.21. The first-order valence-electron chi connectivity index (χ1n) is 6.21. The van der Waals surface area contributed by atoms with Crippen LogP contribution in [0.25, 0.3) is 0 Å². The van der Waals surface area contributed by atoms with Crippen LogP contribution in [0, 0.1) is 6.92 Å². The van der Waals surface area contributed by atoms with Gasteiger partial charge in [0.2, 0.25) is 0 Å². The van der Waals surface area contributed by atoms with Crippen molar-refractivity contribution in [2.24, 2.45) is 0 Å². The van der Waals surface area contributed by atoms with Gasteiger partial charge in [-0.25, -0.2) is 8.42 Å². The molecule has 0 aliphatic heterocycles. The van der Waals surface area contributed by atoms with E-state index in [4.69, 9.17) is 5.73 Å². The Morgan fingerprint density at radius 2 is 2.15 bits per heavy atom. The Kier molecular flexibility index (Phi) is 3.93. The molecule has 3 N–H and O–H groups in total. The number of nitrogens with one attached hydrogen (secondary N) is 1. The third-order valence-corrected chi connectivity index (χ3v) is 4.06. The van der Waals surface area contributed by atoms with Gasteiger partial charge >= 0.3 is 0 Å². The lowest BCUT2D eigenvalue weighted by Crippen LogP contribution is -2.14. The molecule has 8 heteroatoms. The molecule has 7 nitrogen and oxygen atoms in total. The second-order valence-corrected chi connectivity index (χ2v) is 6.09. The Hall–Kier alpha value is -2.09. The zero-order valence-electron chi connectivity index (χ0n) is 11.4. The molecule has 108 valence electrons. The molecule has 0 aliphatic carbocycles. The molecule has 2 rings (SSSR count). The quantitative estimate of drug-likeness (QED) is 0.867. The summed E-state index contributed by atoms with van der Waals surface area (Å²) < 4.78 is 28.5. The highest BCUT2D eigenvalue weighted by molar-refractivity contribution is 7.92. The molecule has 0 saturated carbocycles. The third-order valence-electron chi connectivity index (χ3n) is 2.66. The number of sulfonamides is 1. The monoisotopic (exact) mass is 295 g/mol. The van der Waals surface area contributed by atoms with Gasteiger partial charge in [0.05, 0.1) is 11.9 Å². The van der Waals surface area contributed by atoms with Crippen molar-refractivity contribution in [3.63, 3.8) is 0 Å². The Morgan fingerprint density at radius 1 is 1.40 bits per heavy atom. The number of anilines is 2. The van der Waals surface area contributed by atoms with E-state index in [1.54, 1.807) is 12.1 Å². The maximum atomic E-state index is 12.3. The number of nitrogen functional groups attached to an aromatic ring is 1. The number of rotatable bonds is 5. The first-order valence-corrected chi connectivity index (χ1v) is 7.69. The summed E-state index contributed by atoms with van der Waals surface area (Å²) in [4.78, 5) is 4.01. The Balaban J connectivity index is 2.28. The number of nitrogens with zero attached hydrogens (tertiary/aromatic N) is 3. The minimum absolute atomic E-state index is 0.00831. The first kappa shape index (κ1) is 14.3. The molecule has 0 unspecified atom stereocenters. The number of aryl methyl sites for hydroxylation is 2. The van der Waals surface area contributed by atoms with E-state index in [9.17, 15) is 8.42 Å². The summed E-state index contributed by atoms with van der Waals surface area (Å²) in [6.07, 6.45) is 3.73. The molecule has 2 aromatic heterocycles. The fourth-order valence-electron chi connectivity index (χ4n) is 1.71. The van der Waals surface area contributed by atoms with Gasteiger partial charge in [0, 0.05) is 18.4 Å². The first-order chi connectivity index (χ1) is 9.42. The van der Waals surface area contributed by atoms with Crippen molar-refractivity contribution in [1.29, 1.82) is 0 Å². The van der Waals surface area contributed by atoms with E-state index in [0.29, 0.717) is 12.2 Å². The second-order valence-electron chi connectivity index (χ2n) is 4.44. The molecule has 20 heavy (non-hydrogen) atoms. The molecule has 0 spiro atoms. The van der Waals surface area contributed by atoms with Gasteiger partial charge in [-0.05, 0) is 25.5 Å². The van der Waals surface area contributed by atoms with E-state index in [1.165, 1.54) is 17.1 Å². The fraction of sp³-hybridized carbons (Fsp3) is 0.333. The minimum atomic E-state index is -3.75. The van der Waals surface area contributed by atoms with Crippen LogP contribution in [0.5, 0.6) is 0 Å². The van der Waals surface area contributed by atoms with Crippen LogP contribution in [0.2, 0.25) is 0 Å². The number of pyridine rings is 1. The third kappa shape index (κ3) is 3.08. The van der Waals surface area contributed by atoms with Gasteiger partial charge in [-0.2, -0.15) is 5.10 Å². The fourth-order valence-corrected chi connectivity index (χ4v) is 2.82. The van der Waals surface area contributed by atoms with Crippen molar-refractivity contribution < 1.29 is 8.42 Å². The van der Waals surface area contributed by atoms with Crippen LogP contribution >= 0.6 is 0 Å². The lowest BCUT2D eigenvalue weighted by molar-refractivity contribution is 0.595. The highest BCUT2D eigenvalue weighted by Crippen LogP contribution is 2.20. The number of hydrogen-bond donors (Lipinski definition) is 2. The maximum Gasteiger partial charge on any atom is 0.267 e. The van der Waals surface area contributed by atoms with Crippen LogP contribution in [0.4, 0.5) is 11.5 Å². The molecule has 0 aromatic carbocycles. The Bertz CT molecular complexity index is 691. The van der Waals surface area contributed by atoms with Crippen molar-refractivity contribution in [3.8, 4) is 0 Å². The standard InChI is InChI=1S/C12H17N5O2S/c1-3-6-17-8-11(12(13)15-17)20(18,19)16-10-5-4-9(2)14-7-10/h4-5,7-8,16H,3,6H2,1-2H3,(H2,13,15). The number of nitrogens with two attached hydrogens (primary N) is 1. The van der Waals surface area contributed by atoms with Crippen molar-refractivity contribution in [2.75, 3.05) is 10.5 Å². The van der Waals surface area contributed by atoms with Gasteiger partial charge in [-0.3, -0.25) is 14.4 Å². The molecule has 0 atom stereocenters. The Morgan fingerprint density at radius 3 is 2.75 bits per heavy atom. The predicted octanol–water partition coefficient (Wildman–Crippen LogP) is 1.38. The van der Waals surface area contributed by atoms with E-state index in [2.05, 4.69) is 14.8 Å². The highest BCUT2D eigenvalue weighted by atomic mass is 32.2. The largest absolute Gasteiger partial charge is 0.381 e. The maximum absolute atomic E-state index is 12.3. The van der Waals surface area contributed by atoms with Crippen LogP contribution in [0.3, 0.4) is 0 Å². The van der Waals surface area contributed by atoms with Crippen LogP contribution in [0.15, 0.2) is 29.4 Å². The van der Waals surface area contributed by atoms with E-state index >= 15 is 0 Å². The summed E-state index contributed by atoms with van der Waals surface area (Å²) in [5.41, 5.74) is 6.86. The SMILES string of the molecule is CCCn1cc(S(=O)(=O)Nc2ccc(C)nc2)c(N)n1. The molecule has 0 aliphatic rings. The molecular formula is C12H17N5O2S. The summed E-state index contributed by atoms with van der Waals surface area (Å²) >= 11 is 0. The van der Waals surface area contributed by atoms with Gasteiger partial charge < -0.3 is 5.73 Å². The summed E-state index contributed by atoms with van der Waals surface area (Å²) in [6.45, 7) is 4.42. The summed E-state index contributed by atoms with van der Waals surface area (Å²) in [5, 5.41) is 3.98. The predicted molar refractivity (Wildman–Crippen MR) is 76.7 cm³/mol. The van der Waals surface area contributed by atoms with E-state index in [0.717, 1.165) is 12.1 Å². The second kappa shape index (κ2) is 5.49. The van der Waals surface area contributed by atoms with Crippen molar-refractivity contribution in [2.45, 2.75) is 31.7 Å². The molecule has 2 heterocycles. The van der Waals surface area contributed by atoms with Crippen LogP contribution in [0.1, 0.15) is 19.0 Å². The van der Waals surface area contributed by atoms with Gasteiger partial charge in [0.15, 0.2) is 5.82 Å². The summed E-state index contributed by atoms with van der Waals surface area (Å²) in [5.74, 6) is -0.00831. The van der Waals surface area contributed by atoms with Crippen molar-refractivity contribution in [1.82, 2.24) is 14.8 Å². The van der Waals surface area contributed by atoms with Crippen LogP contribution in [-0.4, -0.2) is 23.2 Å². The van der Waals surface area contributed by atoms with Crippen molar-refractivity contribution >= 4 is 21.5 Å². The van der Waals surface area contributed by atoms with Gasteiger partial charge in [0.25, 0.3) is 10.0 Å². The van der Waals surface area contributed by atoms with Crippen LogP contribution in [-0.2, 0) is 16.6 Å². The smallest absolute Gasteiger partial charge is 0.267 e. The zero-order chi connectivity index (χ0) is 14.8. The zero-order valence-corrected chi connectivity index (χ0v) is 12.2. The summed E-state index contributed by atoms with van der Waals surface area (Å²) in [6, 6.07) is 3.37. The average Bonchev–Trinajstić information content (AvgIpc) is 2.74. The minimum Gasteiger partial charge on any atom is -0.381 e. The lowest BCUT2D eigenvalue weighted by Gasteiger charge is -2.06. The average molecular weight is 295 g/mol. The molecule has 0 radical (unpaired) electrons. The number of hydrogen-bond acceptors (Lipinski definition) is 5. The molecular weight excluding hydrogens is 278 g/mol. The van der Waals surface area contributed by atoms with Crippen LogP contribution < -0.4 is 10.5 Å². The molecule has 0 fully saturated rings. The normalized spacial score (nSPS) is 11.5. The van der Waals surface area contributed by atoms with Gasteiger partial charge in [-0.1, -0.05) is 6.92 Å². The van der Waals surface area contributed by atoms with E-state index in [-0.39, 0.29) is 10.7 Å². The van der Waals surface area contributed by atoms with E-state index in [1.807, 2.05) is 13.8 Å². The Labute approximate surface area is 117 Å². The molecule has 0 saturated heterocycles. The summed E-state index contributed by atoms with van der Waals surface area (Å²) in [7, 11) is -3.75. The molecule has 0 amide bonds.